The molecule has 0 spiro atoms. The summed E-state index contributed by atoms with van der Waals surface area (Å²) in [7, 11) is -3.62. The Morgan fingerprint density at radius 1 is 1.13 bits per heavy atom. The van der Waals surface area contributed by atoms with Gasteiger partial charge in [-0.05, 0) is 86.3 Å². The highest BCUT2D eigenvalue weighted by atomic mass is 32.2. The van der Waals surface area contributed by atoms with Crippen LogP contribution in [0, 0.1) is 23.2 Å². The standard InChI is InChI=1S/C24H34N2O4S/c1-2-22(24-14-17-10-18(15-24)12-19(11-17)16-24)25-23(27)20-4-3-5-21(13-20)31(28,29)26-6-8-30-9-7-26/h3-5,13,17-19,22H,2,6-12,14-16H2,1H3,(H,25,27)/t17?,18?,19?,22-,24?/m0/s1. The van der Waals surface area contributed by atoms with Gasteiger partial charge in [0.2, 0.25) is 10.0 Å². The van der Waals surface area contributed by atoms with E-state index >= 15 is 0 Å². The number of carbonyl (C=O) groups excluding carboxylic acids is 1. The van der Waals surface area contributed by atoms with E-state index in [1.165, 1.54) is 48.9 Å². The summed E-state index contributed by atoms with van der Waals surface area (Å²) in [6.07, 6.45) is 8.78. The fourth-order valence-corrected chi connectivity index (χ4v) is 8.72. The number of amides is 1. The van der Waals surface area contributed by atoms with Crippen molar-refractivity contribution in [3.8, 4) is 0 Å². The molecule has 1 atom stereocenters. The van der Waals surface area contributed by atoms with E-state index in [0.717, 1.165) is 24.2 Å². The molecule has 7 heteroatoms. The average molecular weight is 447 g/mol. The number of hydrogen-bond acceptors (Lipinski definition) is 4. The molecule has 4 aliphatic carbocycles. The van der Waals surface area contributed by atoms with Gasteiger partial charge in [-0.15, -0.1) is 0 Å². The molecule has 4 saturated carbocycles. The maximum atomic E-state index is 13.2. The largest absolute Gasteiger partial charge is 0.379 e. The lowest BCUT2D eigenvalue weighted by molar-refractivity contribution is -0.0727. The van der Waals surface area contributed by atoms with Crippen LogP contribution in [0.3, 0.4) is 0 Å². The zero-order valence-electron chi connectivity index (χ0n) is 18.4. The highest BCUT2D eigenvalue weighted by Gasteiger charge is 2.54. The van der Waals surface area contributed by atoms with Crippen molar-refractivity contribution in [1.29, 1.82) is 0 Å². The van der Waals surface area contributed by atoms with E-state index in [1.54, 1.807) is 18.2 Å². The van der Waals surface area contributed by atoms with Crippen molar-refractivity contribution in [1.82, 2.24) is 9.62 Å². The van der Waals surface area contributed by atoms with Crippen LogP contribution in [0.25, 0.3) is 0 Å². The van der Waals surface area contributed by atoms with E-state index in [4.69, 9.17) is 4.74 Å². The topological polar surface area (TPSA) is 75.7 Å². The number of benzene rings is 1. The fourth-order valence-electron chi connectivity index (χ4n) is 7.27. The van der Waals surface area contributed by atoms with Crippen LogP contribution in [0.15, 0.2) is 29.2 Å². The Hall–Kier alpha value is -1.44. The molecule has 5 aliphatic rings. The third kappa shape index (κ3) is 3.93. The number of nitrogens with zero attached hydrogens (tertiary/aromatic N) is 1. The number of morpholine rings is 1. The molecule has 1 amide bonds. The van der Waals surface area contributed by atoms with Crippen molar-refractivity contribution in [3.63, 3.8) is 0 Å². The van der Waals surface area contributed by atoms with Crippen LogP contribution >= 0.6 is 0 Å². The van der Waals surface area contributed by atoms with Gasteiger partial charge >= 0.3 is 0 Å². The summed E-state index contributed by atoms with van der Waals surface area (Å²) < 4.78 is 32.7. The minimum atomic E-state index is -3.62. The molecule has 4 bridgehead atoms. The van der Waals surface area contributed by atoms with Gasteiger partial charge in [-0.1, -0.05) is 13.0 Å². The van der Waals surface area contributed by atoms with Crippen molar-refractivity contribution in [2.45, 2.75) is 62.8 Å². The Morgan fingerprint density at radius 2 is 1.74 bits per heavy atom. The van der Waals surface area contributed by atoms with Gasteiger partial charge in [0.05, 0.1) is 18.1 Å². The van der Waals surface area contributed by atoms with Gasteiger partial charge in [-0.2, -0.15) is 4.31 Å². The molecule has 1 heterocycles. The average Bonchev–Trinajstić information content (AvgIpc) is 2.77. The molecule has 1 N–H and O–H groups in total. The number of hydrogen-bond donors (Lipinski definition) is 1. The predicted molar refractivity (Wildman–Crippen MR) is 118 cm³/mol. The molecule has 1 aromatic carbocycles. The lowest BCUT2D eigenvalue weighted by atomic mass is 9.47. The number of carbonyl (C=O) groups is 1. The molecular formula is C24H34N2O4S. The van der Waals surface area contributed by atoms with Crippen molar-refractivity contribution in [3.05, 3.63) is 29.8 Å². The normalized spacial score (nSPS) is 33.9. The first-order valence-electron chi connectivity index (χ1n) is 11.9. The molecule has 0 aromatic heterocycles. The number of rotatable bonds is 6. The van der Waals surface area contributed by atoms with Crippen LogP contribution in [0.2, 0.25) is 0 Å². The predicted octanol–water partition coefficient (Wildman–Crippen LogP) is 3.43. The van der Waals surface area contributed by atoms with E-state index in [9.17, 15) is 13.2 Å². The van der Waals surface area contributed by atoms with Gasteiger partial charge in [-0.25, -0.2) is 8.42 Å². The van der Waals surface area contributed by atoms with Crippen molar-refractivity contribution < 1.29 is 17.9 Å². The smallest absolute Gasteiger partial charge is 0.251 e. The lowest BCUT2D eigenvalue weighted by Gasteiger charge is -2.59. The van der Waals surface area contributed by atoms with Gasteiger partial charge in [0.15, 0.2) is 0 Å². The summed E-state index contributed by atoms with van der Waals surface area (Å²) in [4.78, 5) is 13.4. The second kappa shape index (κ2) is 8.16. The Labute approximate surface area is 185 Å². The minimum Gasteiger partial charge on any atom is -0.379 e. The van der Waals surface area contributed by atoms with Gasteiger partial charge in [-0.3, -0.25) is 4.79 Å². The third-order valence-electron chi connectivity index (χ3n) is 8.24. The van der Waals surface area contributed by atoms with Gasteiger partial charge < -0.3 is 10.1 Å². The summed E-state index contributed by atoms with van der Waals surface area (Å²) in [5.41, 5.74) is 0.661. The first-order chi connectivity index (χ1) is 14.9. The quantitative estimate of drug-likeness (QED) is 0.726. The lowest BCUT2D eigenvalue weighted by Crippen LogP contribution is -2.56. The van der Waals surface area contributed by atoms with Crippen LogP contribution in [0.5, 0.6) is 0 Å². The zero-order valence-corrected chi connectivity index (χ0v) is 19.2. The van der Waals surface area contributed by atoms with Crippen molar-refractivity contribution >= 4 is 15.9 Å². The molecule has 0 radical (unpaired) electrons. The van der Waals surface area contributed by atoms with Gasteiger partial charge in [0.25, 0.3) is 5.91 Å². The highest BCUT2D eigenvalue weighted by Crippen LogP contribution is 2.61. The molecule has 6 rings (SSSR count). The van der Waals surface area contributed by atoms with Crippen LogP contribution in [0.4, 0.5) is 0 Å². The zero-order chi connectivity index (χ0) is 21.6. The molecule has 170 valence electrons. The van der Waals surface area contributed by atoms with Crippen LogP contribution in [-0.4, -0.2) is 51.0 Å². The number of ether oxygens (including phenoxy) is 1. The van der Waals surface area contributed by atoms with Gasteiger partial charge in [0.1, 0.15) is 0 Å². The Balaban J connectivity index is 1.34. The Morgan fingerprint density at radius 3 is 2.32 bits per heavy atom. The van der Waals surface area contributed by atoms with E-state index in [-0.39, 0.29) is 22.3 Å². The van der Waals surface area contributed by atoms with Gasteiger partial charge in [0, 0.05) is 24.7 Å². The first kappa shape index (κ1) is 21.4. The maximum absolute atomic E-state index is 13.2. The molecule has 31 heavy (non-hydrogen) atoms. The molecule has 0 unspecified atom stereocenters. The van der Waals surface area contributed by atoms with Crippen LogP contribution in [0.1, 0.15) is 62.2 Å². The van der Waals surface area contributed by atoms with E-state index in [2.05, 4.69) is 12.2 Å². The summed E-state index contributed by atoms with van der Waals surface area (Å²) in [6.45, 7) is 3.68. The maximum Gasteiger partial charge on any atom is 0.251 e. The van der Waals surface area contributed by atoms with E-state index in [0.29, 0.717) is 31.9 Å². The Bertz CT molecular complexity index is 903. The number of nitrogens with one attached hydrogen (secondary N) is 1. The summed E-state index contributed by atoms with van der Waals surface area (Å²) >= 11 is 0. The van der Waals surface area contributed by atoms with E-state index < -0.39 is 10.0 Å². The third-order valence-corrected chi connectivity index (χ3v) is 10.1. The highest BCUT2D eigenvalue weighted by molar-refractivity contribution is 7.89. The summed E-state index contributed by atoms with van der Waals surface area (Å²) in [5.74, 6) is 2.35. The minimum absolute atomic E-state index is 0.151. The van der Waals surface area contributed by atoms with Crippen LogP contribution in [-0.2, 0) is 14.8 Å². The molecule has 1 saturated heterocycles. The molecule has 6 nitrogen and oxygen atoms in total. The summed E-state index contributed by atoms with van der Waals surface area (Å²) in [5, 5.41) is 3.33. The van der Waals surface area contributed by atoms with Crippen molar-refractivity contribution in [2.24, 2.45) is 23.2 Å². The van der Waals surface area contributed by atoms with Crippen LogP contribution < -0.4 is 5.32 Å². The Kier molecular flexibility index (Phi) is 5.64. The first-order valence-corrected chi connectivity index (χ1v) is 13.3. The van der Waals surface area contributed by atoms with Crippen molar-refractivity contribution in [2.75, 3.05) is 26.3 Å². The second-order valence-corrected chi connectivity index (χ2v) is 12.2. The molecule has 5 fully saturated rings. The molecular weight excluding hydrogens is 412 g/mol. The second-order valence-electron chi connectivity index (χ2n) is 10.3. The molecule has 1 aliphatic heterocycles. The number of sulfonamides is 1. The fraction of sp³-hybridized carbons (Fsp3) is 0.708. The SMILES string of the molecule is CC[C@H](NC(=O)c1cccc(S(=O)(=O)N2CCOCC2)c1)C12CC3CC(CC(C3)C1)C2. The molecule has 1 aromatic rings. The summed E-state index contributed by atoms with van der Waals surface area (Å²) in [6, 6.07) is 6.67. The van der Waals surface area contributed by atoms with E-state index in [1.807, 2.05) is 0 Å². The monoisotopic (exact) mass is 446 g/mol.